The van der Waals surface area contributed by atoms with Crippen molar-refractivity contribution in [3.63, 3.8) is 0 Å². The summed E-state index contributed by atoms with van der Waals surface area (Å²) in [5.74, 6) is 0.0440. The van der Waals surface area contributed by atoms with E-state index in [9.17, 15) is 4.79 Å². The molecule has 0 bridgehead atoms. The summed E-state index contributed by atoms with van der Waals surface area (Å²) in [5.41, 5.74) is 1.11. The minimum absolute atomic E-state index is 0.180. The van der Waals surface area contributed by atoms with Crippen LogP contribution in [0.25, 0.3) is 6.08 Å². The largest absolute Gasteiger partial charge is 0.456 e. The van der Waals surface area contributed by atoms with Gasteiger partial charge in [0.15, 0.2) is 11.5 Å². The molecule has 18 heavy (non-hydrogen) atoms. The molecule has 0 aliphatic rings. The van der Waals surface area contributed by atoms with Crippen molar-refractivity contribution >= 4 is 12.0 Å². The van der Waals surface area contributed by atoms with Crippen molar-refractivity contribution in [2.75, 3.05) is 0 Å². The molecule has 0 unspecified atom stereocenters. The Morgan fingerprint density at radius 3 is 2.89 bits per heavy atom. The average molecular weight is 243 g/mol. The average Bonchev–Trinajstić information content (AvgIpc) is 2.86. The molecule has 0 fully saturated rings. The monoisotopic (exact) mass is 243 g/mol. The van der Waals surface area contributed by atoms with Crippen molar-refractivity contribution in [1.29, 1.82) is 0 Å². The van der Waals surface area contributed by atoms with E-state index in [0.29, 0.717) is 5.76 Å². The lowest BCUT2D eigenvalue weighted by atomic mass is 10.2. The summed E-state index contributed by atoms with van der Waals surface area (Å²) in [6.45, 7) is 2.08. The van der Waals surface area contributed by atoms with Gasteiger partial charge in [-0.2, -0.15) is 0 Å². The Morgan fingerprint density at radius 2 is 2.17 bits per heavy atom. The van der Waals surface area contributed by atoms with Crippen LogP contribution in [0, 0.1) is 0 Å². The molecule has 4 nitrogen and oxygen atoms in total. The van der Waals surface area contributed by atoms with Gasteiger partial charge < -0.3 is 9.26 Å². The minimum Gasteiger partial charge on any atom is -0.456 e. The summed E-state index contributed by atoms with van der Waals surface area (Å²) in [7, 11) is 0. The fraction of sp³-hybridized carbons (Fsp3) is 0.143. The first-order valence-corrected chi connectivity index (χ1v) is 5.60. The lowest BCUT2D eigenvalue weighted by Crippen LogP contribution is -2.05. The highest BCUT2D eigenvalue weighted by molar-refractivity contribution is 5.87. The zero-order valence-electron chi connectivity index (χ0n) is 10.00. The number of rotatable bonds is 4. The zero-order chi connectivity index (χ0) is 12.8. The summed E-state index contributed by atoms with van der Waals surface area (Å²) in [6.07, 6.45) is 3.53. The van der Waals surface area contributed by atoms with Gasteiger partial charge in [-0.3, -0.25) is 0 Å². The first kappa shape index (κ1) is 12.1. The number of esters is 1. The summed E-state index contributed by atoms with van der Waals surface area (Å²) >= 11 is 0. The highest BCUT2D eigenvalue weighted by Gasteiger charge is 2.12. The summed E-state index contributed by atoms with van der Waals surface area (Å²) in [5, 5.41) is 3.65. The van der Waals surface area contributed by atoms with Crippen molar-refractivity contribution < 1.29 is 14.1 Å². The number of ether oxygens (including phenoxy) is 1. The molecule has 1 aromatic heterocycles. The van der Waals surface area contributed by atoms with Gasteiger partial charge in [0.2, 0.25) is 0 Å². The third-order valence-corrected chi connectivity index (χ3v) is 2.28. The van der Waals surface area contributed by atoms with Gasteiger partial charge in [0, 0.05) is 6.07 Å². The lowest BCUT2D eigenvalue weighted by Gasteiger charge is -2.01. The van der Waals surface area contributed by atoms with Crippen molar-refractivity contribution in [3.05, 3.63) is 59.5 Å². The Bertz CT molecular complexity index is 543. The minimum atomic E-state index is -0.488. The van der Waals surface area contributed by atoms with Gasteiger partial charge in [0.1, 0.15) is 6.61 Å². The Balaban J connectivity index is 1.95. The van der Waals surface area contributed by atoms with Gasteiger partial charge in [-0.25, -0.2) is 4.79 Å². The van der Waals surface area contributed by atoms with Crippen LogP contribution in [0.5, 0.6) is 0 Å². The molecule has 0 spiro atoms. The highest BCUT2D eigenvalue weighted by atomic mass is 16.5. The molecule has 0 aliphatic carbocycles. The maximum Gasteiger partial charge on any atom is 0.360 e. The van der Waals surface area contributed by atoms with Crippen LogP contribution >= 0.6 is 0 Å². The third-order valence-electron chi connectivity index (χ3n) is 2.28. The van der Waals surface area contributed by atoms with Crippen molar-refractivity contribution in [2.45, 2.75) is 13.5 Å². The van der Waals surface area contributed by atoms with E-state index in [4.69, 9.17) is 9.26 Å². The number of nitrogens with zero attached hydrogens (tertiary/aromatic N) is 1. The number of hydrogen-bond acceptors (Lipinski definition) is 4. The normalized spacial score (nSPS) is 10.7. The maximum absolute atomic E-state index is 11.7. The fourth-order valence-electron chi connectivity index (χ4n) is 1.43. The standard InChI is InChI=1S/C14H13NO3/c1-2-6-12-9-13(15-18-12)14(16)17-10-11-7-4-3-5-8-11/h2-9H,10H2,1H3/b6-2+. The molecule has 0 radical (unpaired) electrons. The first-order valence-electron chi connectivity index (χ1n) is 5.60. The molecule has 0 saturated carbocycles. The molecule has 2 rings (SSSR count). The second kappa shape index (κ2) is 5.82. The third kappa shape index (κ3) is 3.07. The molecule has 1 aromatic carbocycles. The SMILES string of the molecule is C/C=C/c1cc(C(=O)OCc2ccccc2)no1. The van der Waals surface area contributed by atoms with E-state index in [1.807, 2.05) is 37.3 Å². The van der Waals surface area contributed by atoms with Crippen LogP contribution in [-0.4, -0.2) is 11.1 Å². The van der Waals surface area contributed by atoms with Gasteiger partial charge in [0.25, 0.3) is 0 Å². The van der Waals surface area contributed by atoms with Crippen LogP contribution in [0.1, 0.15) is 28.7 Å². The Kier molecular flexibility index (Phi) is 3.91. The molecular weight excluding hydrogens is 230 g/mol. The quantitative estimate of drug-likeness (QED) is 0.774. The van der Waals surface area contributed by atoms with E-state index in [0.717, 1.165) is 5.56 Å². The maximum atomic E-state index is 11.7. The molecule has 92 valence electrons. The second-order valence-corrected chi connectivity index (χ2v) is 3.68. The molecular formula is C14H13NO3. The second-order valence-electron chi connectivity index (χ2n) is 3.68. The molecule has 0 aliphatic heterocycles. The molecule has 1 heterocycles. The Morgan fingerprint density at radius 1 is 1.39 bits per heavy atom. The number of hydrogen-bond donors (Lipinski definition) is 0. The van der Waals surface area contributed by atoms with Gasteiger partial charge in [-0.15, -0.1) is 0 Å². The topological polar surface area (TPSA) is 52.3 Å². The predicted molar refractivity (Wildman–Crippen MR) is 66.8 cm³/mol. The van der Waals surface area contributed by atoms with Gasteiger partial charge >= 0.3 is 5.97 Å². The van der Waals surface area contributed by atoms with Gasteiger partial charge in [-0.1, -0.05) is 41.6 Å². The van der Waals surface area contributed by atoms with E-state index in [-0.39, 0.29) is 12.3 Å². The predicted octanol–water partition coefficient (Wildman–Crippen LogP) is 3.06. The molecule has 0 N–H and O–H groups in total. The number of carbonyl (C=O) groups is 1. The summed E-state index contributed by atoms with van der Waals surface area (Å²) in [6, 6.07) is 11.0. The van der Waals surface area contributed by atoms with Crippen LogP contribution < -0.4 is 0 Å². The van der Waals surface area contributed by atoms with Crippen LogP contribution in [0.3, 0.4) is 0 Å². The van der Waals surface area contributed by atoms with E-state index in [1.165, 1.54) is 0 Å². The van der Waals surface area contributed by atoms with Crippen LogP contribution in [-0.2, 0) is 11.3 Å². The molecule has 0 amide bonds. The molecule has 4 heteroatoms. The van der Waals surface area contributed by atoms with Crippen molar-refractivity contribution in [3.8, 4) is 0 Å². The molecule has 0 atom stereocenters. The van der Waals surface area contributed by atoms with E-state index in [1.54, 1.807) is 18.2 Å². The van der Waals surface area contributed by atoms with E-state index in [2.05, 4.69) is 5.16 Å². The van der Waals surface area contributed by atoms with Crippen molar-refractivity contribution in [2.24, 2.45) is 0 Å². The smallest absolute Gasteiger partial charge is 0.360 e. The van der Waals surface area contributed by atoms with Gasteiger partial charge in [-0.05, 0) is 18.6 Å². The summed E-state index contributed by atoms with van der Waals surface area (Å²) in [4.78, 5) is 11.7. The number of benzene rings is 1. The first-order chi connectivity index (χ1) is 8.79. The number of carbonyl (C=O) groups excluding carboxylic acids is 1. The van der Waals surface area contributed by atoms with E-state index >= 15 is 0 Å². The lowest BCUT2D eigenvalue weighted by molar-refractivity contribution is 0.0461. The number of allylic oxidation sites excluding steroid dienone is 1. The summed E-state index contributed by atoms with van der Waals surface area (Å²) < 4.78 is 10.1. The Labute approximate surface area is 105 Å². The van der Waals surface area contributed by atoms with Gasteiger partial charge in [0.05, 0.1) is 0 Å². The molecule has 2 aromatic rings. The van der Waals surface area contributed by atoms with Crippen molar-refractivity contribution in [1.82, 2.24) is 5.16 Å². The van der Waals surface area contributed by atoms with Crippen LogP contribution in [0.4, 0.5) is 0 Å². The molecule has 0 saturated heterocycles. The Hall–Kier alpha value is -2.36. The zero-order valence-corrected chi connectivity index (χ0v) is 10.00. The van der Waals surface area contributed by atoms with Crippen LogP contribution in [0.15, 0.2) is 47.0 Å². The fourth-order valence-corrected chi connectivity index (χ4v) is 1.43. The van der Waals surface area contributed by atoms with E-state index < -0.39 is 5.97 Å². The van der Waals surface area contributed by atoms with Crippen LogP contribution in [0.2, 0.25) is 0 Å². The number of aromatic nitrogens is 1. The highest BCUT2D eigenvalue weighted by Crippen LogP contribution is 2.08.